The highest BCUT2D eigenvalue weighted by Gasteiger charge is 2.39. The van der Waals surface area contributed by atoms with Gasteiger partial charge in [0.15, 0.2) is 10.7 Å². The summed E-state index contributed by atoms with van der Waals surface area (Å²) in [5, 5.41) is 9.42. The molecule has 0 bridgehead atoms. The smallest absolute Gasteiger partial charge is 0.356 e. The molecule has 0 atom stereocenters. The lowest BCUT2D eigenvalue weighted by atomic mass is 9.97. The standard InChI is InChI=1S/C14H11ClFN3O4S2/c1-25(22,23)18-4-6(5-18)11-10(13(20)21)17-14-19(11)8-3-2-7(16)9(15)12(8)24-14/h2-3,6H,4-5H2,1H3,(H,20,21). The molecule has 1 aromatic carbocycles. The van der Waals surface area contributed by atoms with Crippen LogP contribution in [0.3, 0.4) is 0 Å². The number of hydrogen-bond donors (Lipinski definition) is 1. The van der Waals surface area contributed by atoms with E-state index in [1.54, 1.807) is 4.40 Å². The number of benzene rings is 1. The molecule has 0 unspecified atom stereocenters. The van der Waals surface area contributed by atoms with Crippen LogP contribution in [-0.4, -0.2) is 52.5 Å². The van der Waals surface area contributed by atoms with Gasteiger partial charge >= 0.3 is 5.97 Å². The van der Waals surface area contributed by atoms with E-state index in [0.29, 0.717) is 20.9 Å². The average molecular weight is 404 g/mol. The van der Waals surface area contributed by atoms with Crippen LogP contribution in [0.5, 0.6) is 0 Å². The van der Waals surface area contributed by atoms with E-state index in [-0.39, 0.29) is 29.7 Å². The van der Waals surface area contributed by atoms with Crippen molar-refractivity contribution in [3.63, 3.8) is 0 Å². The molecule has 132 valence electrons. The maximum absolute atomic E-state index is 13.7. The Morgan fingerprint density at radius 2 is 2.12 bits per heavy atom. The lowest BCUT2D eigenvalue weighted by Gasteiger charge is -2.37. The number of carboxylic acids is 1. The molecule has 0 radical (unpaired) electrons. The Morgan fingerprint density at radius 3 is 2.72 bits per heavy atom. The molecule has 2 aromatic heterocycles. The molecular formula is C14H11ClFN3O4S2. The lowest BCUT2D eigenvalue weighted by Crippen LogP contribution is -2.48. The van der Waals surface area contributed by atoms with Crippen molar-refractivity contribution in [2.24, 2.45) is 0 Å². The Hall–Kier alpha value is -1.75. The second-order valence-electron chi connectivity index (χ2n) is 5.86. The fourth-order valence-electron chi connectivity index (χ4n) is 3.01. The van der Waals surface area contributed by atoms with E-state index in [1.807, 2.05) is 0 Å². The molecule has 1 aliphatic rings. The Kier molecular flexibility index (Phi) is 3.59. The number of halogens is 2. The van der Waals surface area contributed by atoms with Gasteiger partial charge in [-0.15, -0.1) is 0 Å². The van der Waals surface area contributed by atoms with Crippen LogP contribution < -0.4 is 0 Å². The average Bonchev–Trinajstić information content (AvgIpc) is 2.97. The van der Waals surface area contributed by atoms with Gasteiger partial charge in [-0.1, -0.05) is 22.9 Å². The summed E-state index contributed by atoms with van der Waals surface area (Å²) >= 11 is 7.11. The first-order valence-electron chi connectivity index (χ1n) is 7.15. The molecule has 1 saturated heterocycles. The maximum Gasteiger partial charge on any atom is 0.356 e. The minimum Gasteiger partial charge on any atom is -0.476 e. The normalized spacial score (nSPS) is 16.6. The van der Waals surface area contributed by atoms with Crippen molar-refractivity contribution in [3.8, 4) is 0 Å². The number of thiazole rings is 1. The second-order valence-corrected chi connectivity index (χ2v) is 9.20. The van der Waals surface area contributed by atoms with Gasteiger partial charge in [0.1, 0.15) is 5.82 Å². The van der Waals surface area contributed by atoms with Crippen LogP contribution in [0.1, 0.15) is 22.1 Å². The summed E-state index contributed by atoms with van der Waals surface area (Å²) in [6.45, 7) is 0.359. The number of aromatic nitrogens is 2. The number of carbonyl (C=O) groups is 1. The molecule has 0 spiro atoms. The zero-order chi connectivity index (χ0) is 18.1. The zero-order valence-electron chi connectivity index (χ0n) is 12.7. The number of sulfonamides is 1. The van der Waals surface area contributed by atoms with Crippen LogP contribution >= 0.6 is 22.9 Å². The highest BCUT2D eigenvalue weighted by Crippen LogP contribution is 2.39. The molecule has 1 aliphatic heterocycles. The number of rotatable bonds is 3. The van der Waals surface area contributed by atoms with Crippen molar-refractivity contribution in [2.75, 3.05) is 19.3 Å². The number of aromatic carboxylic acids is 1. The molecule has 3 heterocycles. The van der Waals surface area contributed by atoms with E-state index in [9.17, 15) is 22.7 Å². The Labute approximate surface area is 150 Å². The van der Waals surface area contributed by atoms with Crippen LogP contribution in [-0.2, 0) is 10.0 Å². The van der Waals surface area contributed by atoms with E-state index < -0.39 is 21.8 Å². The molecular weight excluding hydrogens is 393 g/mol. The van der Waals surface area contributed by atoms with Gasteiger partial charge in [0.2, 0.25) is 10.0 Å². The van der Waals surface area contributed by atoms with Crippen LogP contribution in [0.2, 0.25) is 5.02 Å². The van der Waals surface area contributed by atoms with Gasteiger partial charge in [-0.05, 0) is 12.1 Å². The summed E-state index contributed by atoms with van der Waals surface area (Å²) in [6.07, 6.45) is 1.11. The third kappa shape index (κ3) is 2.43. The molecule has 7 nitrogen and oxygen atoms in total. The van der Waals surface area contributed by atoms with Gasteiger partial charge in [0, 0.05) is 19.0 Å². The zero-order valence-corrected chi connectivity index (χ0v) is 15.1. The molecule has 0 saturated carbocycles. The minimum atomic E-state index is -3.33. The fourth-order valence-corrected chi connectivity index (χ4v) is 5.25. The van der Waals surface area contributed by atoms with Crippen LogP contribution in [0.15, 0.2) is 12.1 Å². The SMILES string of the molecule is CS(=O)(=O)N1CC(c2c(C(=O)O)nc3sc4c(Cl)c(F)ccc4n23)C1. The summed E-state index contributed by atoms with van der Waals surface area (Å²) in [5.41, 5.74) is 0.849. The maximum atomic E-state index is 13.7. The predicted octanol–water partition coefficient (Wildman–Crippen LogP) is 2.40. The predicted molar refractivity (Wildman–Crippen MR) is 91.7 cm³/mol. The third-order valence-electron chi connectivity index (χ3n) is 4.25. The number of carboxylic acid groups (broad SMARTS) is 1. The monoisotopic (exact) mass is 403 g/mol. The van der Waals surface area contributed by atoms with E-state index in [1.165, 1.54) is 16.4 Å². The topological polar surface area (TPSA) is 92.0 Å². The van der Waals surface area contributed by atoms with Crippen LogP contribution in [0.25, 0.3) is 15.2 Å². The third-order valence-corrected chi connectivity index (χ3v) is 7.04. The van der Waals surface area contributed by atoms with Crippen molar-refractivity contribution in [2.45, 2.75) is 5.92 Å². The first kappa shape index (κ1) is 16.7. The highest BCUT2D eigenvalue weighted by molar-refractivity contribution is 7.88. The van der Waals surface area contributed by atoms with Crippen molar-refractivity contribution in [3.05, 3.63) is 34.4 Å². The van der Waals surface area contributed by atoms with Gasteiger partial charge in [-0.25, -0.2) is 26.9 Å². The molecule has 3 aromatic rings. The van der Waals surface area contributed by atoms with E-state index in [4.69, 9.17) is 11.6 Å². The van der Waals surface area contributed by atoms with Gasteiger partial charge in [-0.2, -0.15) is 0 Å². The van der Waals surface area contributed by atoms with Crippen molar-refractivity contribution in [1.29, 1.82) is 0 Å². The number of fused-ring (bicyclic) bond motifs is 3. The van der Waals surface area contributed by atoms with Gasteiger partial charge in [-0.3, -0.25) is 4.40 Å². The quantitative estimate of drug-likeness (QED) is 0.725. The molecule has 1 fully saturated rings. The summed E-state index contributed by atoms with van der Waals surface area (Å²) in [5.74, 6) is -2.06. The first-order valence-corrected chi connectivity index (χ1v) is 10.2. The van der Waals surface area contributed by atoms with Gasteiger partial charge in [0.25, 0.3) is 0 Å². The highest BCUT2D eigenvalue weighted by atomic mass is 35.5. The molecule has 4 rings (SSSR count). The van der Waals surface area contributed by atoms with Crippen LogP contribution in [0, 0.1) is 5.82 Å². The largest absolute Gasteiger partial charge is 0.476 e. The summed E-state index contributed by atoms with van der Waals surface area (Å²) in [4.78, 5) is 16.1. The Bertz CT molecular complexity index is 1150. The molecule has 11 heteroatoms. The molecule has 1 N–H and O–H groups in total. The number of nitrogens with zero attached hydrogens (tertiary/aromatic N) is 3. The summed E-state index contributed by atoms with van der Waals surface area (Å²) < 4.78 is 40.2. The Balaban J connectivity index is 1.93. The van der Waals surface area contributed by atoms with E-state index >= 15 is 0 Å². The van der Waals surface area contributed by atoms with Crippen molar-refractivity contribution < 1.29 is 22.7 Å². The summed E-state index contributed by atoms with van der Waals surface area (Å²) in [6, 6.07) is 2.73. The van der Waals surface area contributed by atoms with Crippen molar-refractivity contribution in [1.82, 2.24) is 13.7 Å². The molecule has 25 heavy (non-hydrogen) atoms. The fraction of sp³-hybridized carbons (Fsp3) is 0.286. The summed E-state index contributed by atoms with van der Waals surface area (Å²) in [7, 11) is -3.33. The number of imidazole rings is 1. The molecule has 0 amide bonds. The van der Waals surface area contributed by atoms with E-state index in [0.717, 1.165) is 17.6 Å². The van der Waals surface area contributed by atoms with Gasteiger partial charge in [0.05, 0.1) is 27.2 Å². The molecule has 0 aliphatic carbocycles. The van der Waals surface area contributed by atoms with Gasteiger partial charge < -0.3 is 5.11 Å². The number of hydrogen-bond acceptors (Lipinski definition) is 5. The van der Waals surface area contributed by atoms with Crippen molar-refractivity contribution >= 4 is 54.1 Å². The van der Waals surface area contributed by atoms with Crippen LogP contribution in [0.4, 0.5) is 4.39 Å². The lowest BCUT2D eigenvalue weighted by molar-refractivity contribution is 0.0688. The Morgan fingerprint density at radius 1 is 1.44 bits per heavy atom. The minimum absolute atomic E-state index is 0.0396. The van der Waals surface area contributed by atoms with E-state index in [2.05, 4.69) is 4.98 Å². The second kappa shape index (κ2) is 5.37. The first-order chi connectivity index (χ1) is 11.7.